The molecule has 0 aliphatic carbocycles. The molecule has 0 radical (unpaired) electrons. The van der Waals surface area contributed by atoms with E-state index in [1.54, 1.807) is 0 Å². The number of rotatable bonds is 2. The van der Waals surface area contributed by atoms with Crippen LogP contribution in [0.2, 0.25) is 0 Å². The number of hydrogen-bond donors (Lipinski definition) is 1. The lowest BCUT2D eigenvalue weighted by Crippen LogP contribution is -2.22. The molecule has 0 aromatic rings. The van der Waals surface area contributed by atoms with Crippen molar-refractivity contribution in [3.05, 3.63) is 12.2 Å². The standard InChI is InChI=1S/C8H15N/c1-3-7(2)8-5-4-6-9-8/h8-9H,2-6H2,1H3. The van der Waals surface area contributed by atoms with E-state index in [1.165, 1.54) is 25.0 Å². The van der Waals surface area contributed by atoms with Gasteiger partial charge in [-0.2, -0.15) is 0 Å². The molecule has 0 aromatic carbocycles. The molecule has 0 spiro atoms. The maximum absolute atomic E-state index is 3.99. The zero-order valence-corrected chi connectivity index (χ0v) is 6.11. The van der Waals surface area contributed by atoms with Crippen molar-refractivity contribution in [1.29, 1.82) is 0 Å². The van der Waals surface area contributed by atoms with Crippen LogP contribution in [0, 0.1) is 0 Å². The maximum atomic E-state index is 3.99. The summed E-state index contributed by atoms with van der Waals surface area (Å²) in [7, 11) is 0. The minimum atomic E-state index is 0.634. The van der Waals surface area contributed by atoms with Crippen LogP contribution in [0.1, 0.15) is 26.2 Å². The summed E-state index contributed by atoms with van der Waals surface area (Å²) in [4.78, 5) is 0. The first-order chi connectivity index (χ1) is 4.34. The zero-order valence-electron chi connectivity index (χ0n) is 6.11. The molecular weight excluding hydrogens is 110 g/mol. The SMILES string of the molecule is C=C(CC)C1CCCN1. The first-order valence-electron chi connectivity index (χ1n) is 3.75. The molecule has 0 saturated carbocycles. The highest BCUT2D eigenvalue weighted by molar-refractivity contribution is 5.06. The summed E-state index contributed by atoms with van der Waals surface area (Å²) < 4.78 is 0. The fraction of sp³-hybridized carbons (Fsp3) is 0.750. The lowest BCUT2D eigenvalue weighted by atomic mass is 10.1. The van der Waals surface area contributed by atoms with Gasteiger partial charge in [0, 0.05) is 6.04 Å². The van der Waals surface area contributed by atoms with Gasteiger partial charge in [-0.1, -0.05) is 19.1 Å². The highest BCUT2D eigenvalue weighted by Crippen LogP contribution is 2.14. The van der Waals surface area contributed by atoms with Crippen LogP contribution in [0.5, 0.6) is 0 Å². The Morgan fingerprint density at radius 3 is 3.00 bits per heavy atom. The number of nitrogens with one attached hydrogen (secondary N) is 1. The summed E-state index contributed by atoms with van der Waals surface area (Å²) >= 11 is 0. The summed E-state index contributed by atoms with van der Waals surface area (Å²) in [6.07, 6.45) is 3.74. The third-order valence-electron chi connectivity index (χ3n) is 2.01. The van der Waals surface area contributed by atoms with Crippen molar-refractivity contribution in [2.45, 2.75) is 32.2 Å². The van der Waals surface area contributed by atoms with Gasteiger partial charge in [0.05, 0.1) is 0 Å². The van der Waals surface area contributed by atoms with Crippen LogP contribution in [-0.2, 0) is 0 Å². The van der Waals surface area contributed by atoms with Crippen molar-refractivity contribution in [1.82, 2.24) is 5.32 Å². The summed E-state index contributed by atoms with van der Waals surface area (Å²) in [6.45, 7) is 7.35. The van der Waals surface area contributed by atoms with E-state index < -0.39 is 0 Å². The molecule has 1 aliphatic heterocycles. The highest BCUT2D eigenvalue weighted by atomic mass is 14.9. The van der Waals surface area contributed by atoms with E-state index in [1.807, 2.05) is 0 Å². The summed E-state index contributed by atoms with van der Waals surface area (Å²) in [5.74, 6) is 0. The smallest absolute Gasteiger partial charge is 0.0277 e. The molecule has 1 saturated heterocycles. The maximum Gasteiger partial charge on any atom is 0.0277 e. The molecule has 1 fully saturated rings. The average Bonchev–Trinajstić information content (AvgIpc) is 2.37. The van der Waals surface area contributed by atoms with Crippen molar-refractivity contribution >= 4 is 0 Å². The predicted molar refractivity (Wildman–Crippen MR) is 40.5 cm³/mol. The Kier molecular flexibility index (Phi) is 2.29. The largest absolute Gasteiger partial charge is 0.310 e. The summed E-state index contributed by atoms with van der Waals surface area (Å²) in [5.41, 5.74) is 1.37. The zero-order chi connectivity index (χ0) is 6.69. The molecule has 1 N–H and O–H groups in total. The van der Waals surface area contributed by atoms with Gasteiger partial charge in [-0.15, -0.1) is 0 Å². The van der Waals surface area contributed by atoms with Crippen LogP contribution < -0.4 is 5.32 Å². The summed E-state index contributed by atoms with van der Waals surface area (Å²) in [6, 6.07) is 0.634. The normalized spacial score (nSPS) is 26.6. The van der Waals surface area contributed by atoms with Gasteiger partial charge in [-0.25, -0.2) is 0 Å². The van der Waals surface area contributed by atoms with Crippen LogP contribution >= 0.6 is 0 Å². The van der Waals surface area contributed by atoms with Gasteiger partial charge in [0.15, 0.2) is 0 Å². The second-order valence-corrected chi connectivity index (χ2v) is 2.66. The van der Waals surface area contributed by atoms with E-state index in [4.69, 9.17) is 0 Å². The summed E-state index contributed by atoms with van der Waals surface area (Å²) in [5, 5.41) is 3.41. The van der Waals surface area contributed by atoms with E-state index >= 15 is 0 Å². The van der Waals surface area contributed by atoms with Gasteiger partial charge in [0.1, 0.15) is 0 Å². The molecular formula is C8H15N. The van der Waals surface area contributed by atoms with E-state index in [0.717, 1.165) is 6.42 Å². The van der Waals surface area contributed by atoms with Crippen LogP contribution in [0.25, 0.3) is 0 Å². The molecule has 1 atom stereocenters. The van der Waals surface area contributed by atoms with Crippen molar-refractivity contribution in [2.75, 3.05) is 6.54 Å². The van der Waals surface area contributed by atoms with E-state index in [2.05, 4.69) is 18.8 Å². The second-order valence-electron chi connectivity index (χ2n) is 2.66. The molecule has 52 valence electrons. The van der Waals surface area contributed by atoms with Crippen molar-refractivity contribution in [3.63, 3.8) is 0 Å². The van der Waals surface area contributed by atoms with Crippen molar-refractivity contribution in [3.8, 4) is 0 Å². The lowest BCUT2D eigenvalue weighted by molar-refractivity contribution is 0.671. The molecule has 0 bridgehead atoms. The molecule has 1 rings (SSSR count). The highest BCUT2D eigenvalue weighted by Gasteiger charge is 2.14. The average molecular weight is 125 g/mol. The first kappa shape index (κ1) is 6.81. The second kappa shape index (κ2) is 3.02. The molecule has 0 amide bonds. The van der Waals surface area contributed by atoms with Crippen LogP contribution in [0.3, 0.4) is 0 Å². The van der Waals surface area contributed by atoms with Crippen molar-refractivity contribution < 1.29 is 0 Å². The monoisotopic (exact) mass is 125 g/mol. The third-order valence-corrected chi connectivity index (χ3v) is 2.01. The van der Waals surface area contributed by atoms with Gasteiger partial charge in [-0.3, -0.25) is 0 Å². The van der Waals surface area contributed by atoms with E-state index in [0.29, 0.717) is 6.04 Å². The van der Waals surface area contributed by atoms with E-state index in [-0.39, 0.29) is 0 Å². The van der Waals surface area contributed by atoms with Gasteiger partial charge in [0.2, 0.25) is 0 Å². The van der Waals surface area contributed by atoms with Gasteiger partial charge in [0.25, 0.3) is 0 Å². The van der Waals surface area contributed by atoms with Crippen LogP contribution in [0.15, 0.2) is 12.2 Å². The van der Waals surface area contributed by atoms with Crippen LogP contribution in [-0.4, -0.2) is 12.6 Å². The first-order valence-corrected chi connectivity index (χ1v) is 3.75. The molecule has 1 heterocycles. The number of hydrogen-bond acceptors (Lipinski definition) is 1. The fourth-order valence-corrected chi connectivity index (χ4v) is 1.28. The Hall–Kier alpha value is -0.300. The Morgan fingerprint density at radius 2 is 2.56 bits per heavy atom. The molecule has 9 heavy (non-hydrogen) atoms. The van der Waals surface area contributed by atoms with Gasteiger partial charge in [-0.05, 0) is 25.8 Å². The van der Waals surface area contributed by atoms with E-state index in [9.17, 15) is 0 Å². The minimum absolute atomic E-state index is 0.634. The topological polar surface area (TPSA) is 12.0 Å². The molecule has 1 unspecified atom stereocenters. The van der Waals surface area contributed by atoms with Crippen molar-refractivity contribution in [2.24, 2.45) is 0 Å². The Labute approximate surface area is 57.1 Å². The predicted octanol–water partition coefficient (Wildman–Crippen LogP) is 1.70. The molecule has 1 aliphatic rings. The Morgan fingerprint density at radius 1 is 1.78 bits per heavy atom. The fourth-order valence-electron chi connectivity index (χ4n) is 1.28. The molecule has 1 nitrogen and oxygen atoms in total. The van der Waals surface area contributed by atoms with Gasteiger partial charge < -0.3 is 5.32 Å². The quantitative estimate of drug-likeness (QED) is 0.554. The molecule has 0 aromatic heterocycles. The Balaban J connectivity index is 2.32. The lowest BCUT2D eigenvalue weighted by Gasteiger charge is -2.10. The Bertz CT molecular complexity index is 101. The third kappa shape index (κ3) is 1.55. The molecule has 1 heteroatoms. The van der Waals surface area contributed by atoms with Gasteiger partial charge >= 0.3 is 0 Å². The van der Waals surface area contributed by atoms with Crippen LogP contribution in [0.4, 0.5) is 0 Å². The minimum Gasteiger partial charge on any atom is -0.310 e.